The molecular weight excluding hydrogens is 340 g/mol. The molecule has 0 aliphatic carbocycles. The van der Waals surface area contributed by atoms with Crippen molar-refractivity contribution in [3.05, 3.63) is 35.7 Å². The van der Waals surface area contributed by atoms with Gasteiger partial charge in [-0.05, 0) is 56.6 Å². The monoisotopic (exact) mass is 370 g/mol. The Labute approximate surface area is 160 Å². The number of imidazole rings is 1. The summed E-state index contributed by atoms with van der Waals surface area (Å²) in [5.74, 6) is 0.638. The number of likely N-dealkylation sites (tertiary alicyclic amines) is 1. The van der Waals surface area contributed by atoms with Crippen LogP contribution in [0.1, 0.15) is 56.5 Å². The van der Waals surface area contributed by atoms with Crippen LogP contribution in [0.2, 0.25) is 0 Å². The van der Waals surface area contributed by atoms with Crippen LogP contribution in [0.15, 0.2) is 24.3 Å². The Bertz CT molecular complexity index is 812. The van der Waals surface area contributed by atoms with Crippen LogP contribution in [-0.4, -0.2) is 45.7 Å². The first kappa shape index (κ1) is 19.6. The van der Waals surface area contributed by atoms with E-state index in [0.29, 0.717) is 6.04 Å². The second kappa shape index (κ2) is 9.15. The van der Waals surface area contributed by atoms with Crippen molar-refractivity contribution >= 4 is 23.0 Å². The maximum absolute atomic E-state index is 11.2. The molecule has 1 aliphatic heterocycles. The summed E-state index contributed by atoms with van der Waals surface area (Å²) in [5.41, 5.74) is 4.66. The first-order chi connectivity index (χ1) is 13.1. The topological polar surface area (TPSA) is 70.4 Å². The number of carbonyl (C=O) groups is 1. The van der Waals surface area contributed by atoms with Crippen molar-refractivity contribution in [1.29, 1.82) is 0 Å². The normalized spacial score (nSPS) is 18.4. The molecule has 6 nitrogen and oxygen atoms in total. The van der Waals surface area contributed by atoms with E-state index >= 15 is 0 Å². The van der Waals surface area contributed by atoms with Gasteiger partial charge in [-0.2, -0.15) is 0 Å². The predicted molar refractivity (Wildman–Crippen MR) is 108 cm³/mol. The molecule has 2 aromatic rings. The first-order valence-electron chi connectivity index (χ1n) is 9.94. The lowest BCUT2D eigenvalue weighted by molar-refractivity contribution is -0.124. The van der Waals surface area contributed by atoms with Gasteiger partial charge in [-0.1, -0.05) is 25.8 Å². The lowest BCUT2D eigenvalue weighted by Gasteiger charge is -2.32. The fourth-order valence-corrected chi connectivity index (χ4v) is 3.95. The SMILES string of the molecule is CCCCCc1nc2cc(/C=C/C(=O)NO)ccc2n1C1CCCN(C)C1. The summed E-state index contributed by atoms with van der Waals surface area (Å²) in [6, 6.07) is 6.59. The third-order valence-electron chi connectivity index (χ3n) is 5.29. The van der Waals surface area contributed by atoms with E-state index in [2.05, 4.69) is 29.5 Å². The Kier molecular flexibility index (Phi) is 6.63. The summed E-state index contributed by atoms with van der Waals surface area (Å²) >= 11 is 0. The molecule has 6 heteroatoms. The van der Waals surface area contributed by atoms with Crippen LogP contribution in [-0.2, 0) is 11.2 Å². The second-order valence-corrected chi connectivity index (χ2v) is 7.47. The number of rotatable bonds is 7. The van der Waals surface area contributed by atoms with Crippen LogP contribution in [0.4, 0.5) is 0 Å². The van der Waals surface area contributed by atoms with Gasteiger partial charge in [0.1, 0.15) is 5.82 Å². The predicted octanol–water partition coefficient (Wildman–Crippen LogP) is 3.55. The zero-order valence-electron chi connectivity index (χ0n) is 16.3. The Hall–Kier alpha value is -2.18. The fourth-order valence-electron chi connectivity index (χ4n) is 3.95. The maximum Gasteiger partial charge on any atom is 0.267 e. The van der Waals surface area contributed by atoms with E-state index in [0.717, 1.165) is 37.0 Å². The smallest absolute Gasteiger partial charge is 0.267 e. The zero-order chi connectivity index (χ0) is 19.2. The number of hydrogen-bond acceptors (Lipinski definition) is 4. The molecule has 0 bridgehead atoms. The van der Waals surface area contributed by atoms with Crippen molar-refractivity contribution < 1.29 is 10.0 Å². The van der Waals surface area contributed by atoms with Crippen LogP contribution >= 0.6 is 0 Å². The molecule has 3 rings (SSSR count). The highest BCUT2D eigenvalue weighted by Crippen LogP contribution is 2.29. The highest BCUT2D eigenvalue weighted by atomic mass is 16.5. The number of hydroxylamine groups is 1. The van der Waals surface area contributed by atoms with E-state index in [1.807, 2.05) is 12.1 Å². The number of aromatic nitrogens is 2. The van der Waals surface area contributed by atoms with Gasteiger partial charge in [-0.25, -0.2) is 10.5 Å². The number of fused-ring (bicyclic) bond motifs is 1. The fraction of sp³-hybridized carbons (Fsp3) is 0.524. The van der Waals surface area contributed by atoms with Crippen LogP contribution in [0.25, 0.3) is 17.1 Å². The van der Waals surface area contributed by atoms with Gasteiger partial charge in [0, 0.05) is 25.1 Å². The van der Waals surface area contributed by atoms with E-state index < -0.39 is 5.91 Å². The van der Waals surface area contributed by atoms with Crippen molar-refractivity contribution in [2.75, 3.05) is 20.1 Å². The summed E-state index contributed by atoms with van der Waals surface area (Å²) in [5, 5.41) is 8.62. The molecule has 1 amide bonds. The van der Waals surface area contributed by atoms with E-state index in [4.69, 9.17) is 10.2 Å². The Balaban J connectivity index is 1.95. The highest BCUT2D eigenvalue weighted by molar-refractivity contribution is 5.91. The largest absolute Gasteiger partial charge is 0.324 e. The average Bonchev–Trinajstić information content (AvgIpc) is 3.03. The molecule has 27 heavy (non-hydrogen) atoms. The molecular formula is C21H30N4O2. The number of hydrogen-bond donors (Lipinski definition) is 2. The number of aryl methyl sites for hydroxylation is 1. The summed E-state index contributed by atoms with van der Waals surface area (Å²) in [6.45, 7) is 4.45. The molecule has 1 unspecified atom stereocenters. The lowest BCUT2D eigenvalue weighted by atomic mass is 10.0. The highest BCUT2D eigenvalue weighted by Gasteiger charge is 2.23. The minimum Gasteiger partial charge on any atom is -0.324 e. The summed E-state index contributed by atoms with van der Waals surface area (Å²) < 4.78 is 2.45. The van der Waals surface area contributed by atoms with E-state index in [1.54, 1.807) is 11.6 Å². The molecule has 1 saturated heterocycles. The number of piperidine rings is 1. The molecule has 146 valence electrons. The Morgan fingerprint density at radius 1 is 1.41 bits per heavy atom. The summed E-state index contributed by atoms with van der Waals surface area (Å²) in [6.07, 6.45) is 9.99. The molecule has 1 aromatic carbocycles. The molecule has 1 aromatic heterocycles. The number of nitrogens with one attached hydrogen (secondary N) is 1. The Morgan fingerprint density at radius 3 is 3.00 bits per heavy atom. The zero-order valence-corrected chi connectivity index (χ0v) is 16.3. The van der Waals surface area contributed by atoms with Gasteiger partial charge >= 0.3 is 0 Å². The number of amides is 1. The van der Waals surface area contributed by atoms with Crippen LogP contribution < -0.4 is 5.48 Å². The molecule has 1 fully saturated rings. The third kappa shape index (κ3) is 4.76. The van der Waals surface area contributed by atoms with Gasteiger partial charge in [0.05, 0.1) is 11.0 Å². The number of likely N-dealkylation sites (N-methyl/N-ethyl adjacent to an activating group) is 1. The van der Waals surface area contributed by atoms with Crippen molar-refractivity contribution in [3.63, 3.8) is 0 Å². The molecule has 0 radical (unpaired) electrons. The average molecular weight is 370 g/mol. The van der Waals surface area contributed by atoms with Gasteiger partial charge in [0.2, 0.25) is 0 Å². The first-order valence-corrected chi connectivity index (χ1v) is 9.94. The summed E-state index contributed by atoms with van der Waals surface area (Å²) in [7, 11) is 2.19. The van der Waals surface area contributed by atoms with E-state index in [9.17, 15) is 4.79 Å². The van der Waals surface area contributed by atoms with E-state index in [-0.39, 0.29) is 0 Å². The van der Waals surface area contributed by atoms with Gasteiger partial charge in [-0.3, -0.25) is 10.0 Å². The second-order valence-electron chi connectivity index (χ2n) is 7.47. The molecule has 2 heterocycles. The number of nitrogens with zero attached hydrogens (tertiary/aromatic N) is 3. The van der Waals surface area contributed by atoms with Gasteiger partial charge in [0.25, 0.3) is 5.91 Å². The molecule has 2 N–H and O–H groups in total. The molecule has 1 atom stereocenters. The molecule has 0 spiro atoms. The minimum atomic E-state index is -0.536. The molecule has 1 aliphatic rings. The maximum atomic E-state index is 11.2. The van der Waals surface area contributed by atoms with Crippen molar-refractivity contribution in [2.24, 2.45) is 0 Å². The number of carbonyl (C=O) groups excluding carboxylic acids is 1. The molecule has 0 saturated carbocycles. The van der Waals surface area contributed by atoms with Crippen LogP contribution in [0.3, 0.4) is 0 Å². The summed E-state index contributed by atoms with van der Waals surface area (Å²) in [4.78, 5) is 18.6. The van der Waals surface area contributed by atoms with Crippen LogP contribution in [0, 0.1) is 0 Å². The van der Waals surface area contributed by atoms with Gasteiger partial charge in [0.15, 0.2) is 0 Å². The quantitative estimate of drug-likeness (QED) is 0.338. The van der Waals surface area contributed by atoms with Gasteiger partial charge < -0.3 is 9.47 Å². The Morgan fingerprint density at radius 2 is 2.26 bits per heavy atom. The van der Waals surface area contributed by atoms with Crippen molar-refractivity contribution in [2.45, 2.75) is 51.5 Å². The number of benzene rings is 1. The third-order valence-corrected chi connectivity index (χ3v) is 5.29. The van der Waals surface area contributed by atoms with Crippen LogP contribution in [0.5, 0.6) is 0 Å². The van der Waals surface area contributed by atoms with Gasteiger partial charge in [-0.15, -0.1) is 0 Å². The minimum absolute atomic E-state index is 0.465. The number of unbranched alkanes of at least 4 members (excludes halogenated alkanes) is 2. The standard InChI is InChI=1S/C21H30N4O2/c1-3-4-5-8-20-22-18-14-16(10-12-21(26)23-27)9-11-19(18)25(20)17-7-6-13-24(2)15-17/h9-12,14,17,27H,3-8,13,15H2,1-2H3,(H,23,26)/b12-10+. The lowest BCUT2D eigenvalue weighted by Crippen LogP contribution is -2.34. The van der Waals surface area contributed by atoms with E-state index in [1.165, 1.54) is 43.1 Å². The van der Waals surface area contributed by atoms with Crippen molar-refractivity contribution in [3.8, 4) is 0 Å². The van der Waals surface area contributed by atoms with Crippen molar-refractivity contribution in [1.82, 2.24) is 19.9 Å².